The van der Waals surface area contributed by atoms with Crippen LogP contribution in [0.5, 0.6) is 0 Å². The van der Waals surface area contributed by atoms with Crippen LogP contribution in [-0.4, -0.2) is 21.4 Å². The van der Waals surface area contributed by atoms with E-state index in [0.29, 0.717) is 5.56 Å². The highest BCUT2D eigenvalue weighted by Gasteiger charge is 2.17. The molecule has 1 aromatic carbocycles. The smallest absolute Gasteiger partial charge is 0.303 e. The van der Waals surface area contributed by atoms with E-state index in [2.05, 4.69) is 0 Å². The first-order valence-electron chi connectivity index (χ1n) is 6.28. The van der Waals surface area contributed by atoms with Crippen molar-refractivity contribution in [2.24, 2.45) is 13.0 Å². The number of nitrogens with zero attached hydrogens (tertiary/aromatic N) is 1. The first-order valence-corrected chi connectivity index (χ1v) is 6.28. The number of rotatable bonds is 5. The largest absolute Gasteiger partial charge is 0.481 e. The van der Waals surface area contributed by atoms with Crippen LogP contribution in [-0.2, 0) is 11.8 Å². The van der Waals surface area contributed by atoms with Crippen molar-refractivity contribution < 1.29 is 14.7 Å². The molecule has 1 aromatic heterocycles. The maximum absolute atomic E-state index is 12.3. The maximum Gasteiger partial charge on any atom is 0.303 e. The van der Waals surface area contributed by atoms with Crippen LogP contribution in [0.1, 0.15) is 30.1 Å². The van der Waals surface area contributed by atoms with Crippen LogP contribution < -0.4 is 0 Å². The fourth-order valence-electron chi connectivity index (χ4n) is 2.36. The molecule has 0 bridgehead atoms. The van der Waals surface area contributed by atoms with Crippen molar-refractivity contribution in [2.75, 3.05) is 0 Å². The van der Waals surface area contributed by atoms with Gasteiger partial charge in [-0.2, -0.15) is 0 Å². The van der Waals surface area contributed by atoms with Gasteiger partial charge in [0.15, 0.2) is 5.78 Å². The predicted octanol–water partition coefficient (Wildman–Crippen LogP) is 2.86. The summed E-state index contributed by atoms with van der Waals surface area (Å²) in [6, 6.07) is 7.72. The third kappa shape index (κ3) is 2.84. The van der Waals surface area contributed by atoms with E-state index in [9.17, 15) is 9.59 Å². The lowest BCUT2D eigenvalue weighted by molar-refractivity contribution is -0.137. The highest BCUT2D eigenvalue weighted by atomic mass is 16.4. The third-order valence-corrected chi connectivity index (χ3v) is 3.25. The Labute approximate surface area is 111 Å². The van der Waals surface area contributed by atoms with Crippen molar-refractivity contribution in [3.05, 3.63) is 36.0 Å². The van der Waals surface area contributed by atoms with Gasteiger partial charge >= 0.3 is 5.97 Å². The Hall–Kier alpha value is -2.10. The zero-order valence-corrected chi connectivity index (χ0v) is 11.1. The van der Waals surface area contributed by atoms with Crippen molar-refractivity contribution >= 4 is 22.7 Å². The Morgan fingerprint density at radius 2 is 1.95 bits per heavy atom. The molecule has 0 radical (unpaired) electrons. The topological polar surface area (TPSA) is 59.3 Å². The summed E-state index contributed by atoms with van der Waals surface area (Å²) >= 11 is 0. The molecule has 2 aromatic rings. The molecule has 100 valence electrons. The standard InChI is InChI=1S/C15H17NO3/c1-10(8-15(18)19)7-14(17)12-9-16(2)13-6-4-3-5-11(12)13/h3-6,9-10H,7-8H2,1-2H3,(H,18,19). The Morgan fingerprint density at radius 3 is 2.63 bits per heavy atom. The fraction of sp³-hybridized carbons (Fsp3) is 0.333. The van der Waals surface area contributed by atoms with Gasteiger partial charge in [0.25, 0.3) is 0 Å². The Morgan fingerprint density at radius 1 is 1.26 bits per heavy atom. The van der Waals surface area contributed by atoms with E-state index >= 15 is 0 Å². The molecule has 2 rings (SSSR count). The lowest BCUT2D eigenvalue weighted by Crippen LogP contribution is -2.10. The molecular formula is C15H17NO3. The zero-order chi connectivity index (χ0) is 14.0. The van der Waals surface area contributed by atoms with Crippen molar-refractivity contribution in [3.8, 4) is 0 Å². The van der Waals surface area contributed by atoms with Gasteiger partial charge in [-0.25, -0.2) is 0 Å². The molecule has 0 aliphatic carbocycles. The van der Waals surface area contributed by atoms with Crippen molar-refractivity contribution in [1.29, 1.82) is 0 Å². The highest BCUT2D eigenvalue weighted by molar-refractivity contribution is 6.08. The molecule has 0 saturated carbocycles. The first kappa shape index (κ1) is 13.3. The monoisotopic (exact) mass is 259 g/mol. The van der Waals surface area contributed by atoms with Gasteiger partial charge < -0.3 is 9.67 Å². The summed E-state index contributed by atoms with van der Waals surface area (Å²) in [4.78, 5) is 22.9. The minimum Gasteiger partial charge on any atom is -0.481 e. The average molecular weight is 259 g/mol. The van der Waals surface area contributed by atoms with Crippen molar-refractivity contribution in [1.82, 2.24) is 4.57 Å². The van der Waals surface area contributed by atoms with Crippen LogP contribution in [0, 0.1) is 5.92 Å². The third-order valence-electron chi connectivity index (χ3n) is 3.25. The second kappa shape index (κ2) is 5.26. The van der Waals surface area contributed by atoms with Crippen LogP contribution >= 0.6 is 0 Å². The first-order chi connectivity index (χ1) is 8.99. The molecule has 1 N–H and O–H groups in total. The summed E-state index contributed by atoms with van der Waals surface area (Å²) in [5.41, 5.74) is 1.69. The zero-order valence-electron chi connectivity index (χ0n) is 11.1. The number of carboxylic acid groups (broad SMARTS) is 1. The van der Waals surface area contributed by atoms with Crippen LogP contribution in [0.4, 0.5) is 0 Å². The predicted molar refractivity (Wildman–Crippen MR) is 73.3 cm³/mol. The number of aryl methyl sites for hydroxylation is 1. The number of fused-ring (bicyclic) bond motifs is 1. The molecular weight excluding hydrogens is 242 g/mol. The molecule has 1 atom stereocenters. The lowest BCUT2D eigenvalue weighted by atomic mass is 9.97. The number of para-hydroxylation sites is 1. The molecule has 1 heterocycles. The van der Waals surface area contributed by atoms with Crippen LogP contribution in [0.2, 0.25) is 0 Å². The number of hydrogen-bond donors (Lipinski definition) is 1. The molecule has 0 fully saturated rings. The van der Waals surface area contributed by atoms with Crippen molar-refractivity contribution in [2.45, 2.75) is 19.8 Å². The van der Waals surface area contributed by atoms with Crippen LogP contribution in [0.15, 0.2) is 30.5 Å². The maximum atomic E-state index is 12.3. The van der Waals surface area contributed by atoms with E-state index < -0.39 is 5.97 Å². The van der Waals surface area contributed by atoms with E-state index in [-0.39, 0.29) is 24.5 Å². The number of carboxylic acids is 1. The molecule has 4 heteroatoms. The minimum absolute atomic E-state index is 0.00514. The minimum atomic E-state index is -0.863. The number of carbonyl (C=O) groups is 2. The summed E-state index contributed by atoms with van der Waals surface area (Å²) in [5.74, 6) is -1.01. The molecule has 0 spiro atoms. The van der Waals surface area contributed by atoms with Gasteiger partial charge in [-0.05, 0) is 12.0 Å². The SMILES string of the molecule is CC(CC(=O)O)CC(=O)c1cn(C)c2ccccc12. The van der Waals surface area contributed by atoms with Gasteiger partial charge in [-0.3, -0.25) is 9.59 Å². The number of aromatic nitrogens is 1. The van der Waals surface area contributed by atoms with E-state index in [4.69, 9.17) is 5.11 Å². The Kier molecular flexibility index (Phi) is 3.69. The summed E-state index contributed by atoms with van der Waals surface area (Å²) in [5, 5.41) is 9.66. The number of ketones is 1. The van der Waals surface area contributed by atoms with E-state index in [1.165, 1.54) is 0 Å². The van der Waals surface area contributed by atoms with Crippen molar-refractivity contribution in [3.63, 3.8) is 0 Å². The molecule has 0 amide bonds. The van der Waals surface area contributed by atoms with Gasteiger partial charge in [0.05, 0.1) is 0 Å². The number of aliphatic carboxylic acids is 1. The second-order valence-electron chi connectivity index (χ2n) is 5.00. The highest BCUT2D eigenvalue weighted by Crippen LogP contribution is 2.23. The van der Waals surface area contributed by atoms with E-state index in [0.717, 1.165) is 10.9 Å². The van der Waals surface area contributed by atoms with Gasteiger partial charge in [0.1, 0.15) is 0 Å². The summed E-state index contributed by atoms with van der Waals surface area (Å²) < 4.78 is 1.92. The lowest BCUT2D eigenvalue weighted by Gasteiger charge is -2.06. The normalized spacial score (nSPS) is 12.5. The molecule has 4 nitrogen and oxygen atoms in total. The fourth-order valence-corrected chi connectivity index (χ4v) is 2.36. The number of carbonyl (C=O) groups excluding carboxylic acids is 1. The Bertz CT molecular complexity index is 627. The van der Waals surface area contributed by atoms with Gasteiger partial charge in [0, 0.05) is 42.6 Å². The van der Waals surface area contributed by atoms with E-state index in [1.54, 1.807) is 6.92 Å². The Balaban J connectivity index is 2.25. The second-order valence-corrected chi connectivity index (χ2v) is 5.00. The molecule has 1 unspecified atom stereocenters. The summed E-state index contributed by atoms with van der Waals surface area (Å²) in [7, 11) is 1.90. The molecule has 0 saturated heterocycles. The van der Waals surface area contributed by atoms with Gasteiger partial charge in [-0.1, -0.05) is 25.1 Å². The van der Waals surface area contributed by atoms with Gasteiger partial charge in [-0.15, -0.1) is 0 Å². The van der Waals surface area contributed by atoms with Crippen LogP contribution in [0.25, 0.3) is 10.9 Å². The number of hydrogen-bond acceptors (Lipinski definition) is 2. The number of benzene rings is 1. The molecule has 0 aliphatic heterocycles. The van der Waals surface area contributed by atoms with Crippen LogP contribution in [0.3, 0.4) is 0 Å². The van der Waals surface area contributed by atoms with Gasteiger partial charge in [0.2, 0.25) is 0 Å². The number of Topliss-reactive ketones (excluding diaryl/α,β-unsaturated/α-hetero) is 1. The quantitative estimate of drug-likeness (QED) is 0.840. The molecule has 19 heavy (non-hydrogen) atoms. The van der Waals surface area contributed by atoms with E-state index in [1.807, 2.05) is 42.1 Å². The summed E-state index contributed by atoms with van der Waals surface area (Å²) in [6.07, 6.45) is 2.11. The summed E-state index contributed by atoms with van der Waals surface area (Å²) in [6.45, 7) is 1.79. The average Bonchev–Trinajstić information content (AvgIpc) is 2.66. The molecule has 0 aliphatic rings.